The molecule has 1 heterocycles. The largest absolute Gasteiger partial charge is 0.508 e. The average Bonchev–Trinajstić information content (AvgIpc) is 3.16. The van der Waals surface area contributed by atoms with Crippen molar-refractivity contribution in [1.29, 1.82) is 0 Å². The van der Waals surface area contributed by atoms with Crippen LogP contribution in [0.15, 0.2) is 42.5 Å². The molecule has 0 saturated heterocycles. The second kappa shape index (κ2) is 10.2. The van der Waals surface area contributed by atoms with Gasteiger partial charge in [-0.2, -0.15) is 0 Å². The number of H-pyrrole nitrogens is 1. The topological polar surface area (TPSA) is 107 Å². The van der Waals surface area contributed by atoms with E-state index in [2.05, 4.69) is 9.97 Å². The number of aromatic nitrogens is 2. The van der Waals surface area contributed by atoms with Gasteiger partial charge in [0.05, 0.1) is 17.7 Å². The fourth-order valence-electron chi connectivity index (χ4n) is 2.67. The Morgan fingerprint density at radius 1 is 1.14 bits per heavy atom. The van der Waals surface area contributed by atoms with E-state index in [4.69, 9.17) is 15.2 Å². The number of fused-ring (bicyclic) bond motifs is 1. The number of rotatable bonds is 9. The molecule has 0 aliphatic heterocycles. The first-order chi connectivity index (χ1) is 14.1. The number of carbonyl (C=O) groups is 2. The van der Waals surface area contributed by atoms with E-state index in [1.165, 1.54) is 0 Å². The van der Waals surface area contributed by atoms with Gasteiger partial charge in [-0.25, -0.2) is 9.78 Å². The number of aromatic amines is 1. The monoisotopic (exact) mass is 431 g/mol. The molecule has 2 aromatic carbocycles. The number of nitrogens with one attached hydrogen (secondary N) is 1. The summed E-state index contributed by atoms with van der Waals surface area (Å²) >= 11 is 0. The van der Waals surface area contributed by atoms with Crippen molar-refractivity contribution in [2.75, 3.05) is 18.6 Å². The predicted molar refractivity (Wildman–Crippen MR) is 117 cm³/mol. The van der Waals surface area contributed by atoms with Crippen LogP contribution in [0.3, 0.4) is 0 Å². The van der Waals surface area contributed by atoms with Crippen molar-refractivity contribution in [3.63, 3.8) is 0 Å². The SMILES string of the molecule is CSSCCCOC(=O)OCc1ccc(-c2nc3c(C(N)=O)cccc3[nH]2)cc1. The van der Waals surface area contributed by atoms with Crippen LogP contribution in [0, 0.1) is 0 Å². The quantitative estimate of drug-likeness (QED) is 0.294. The normalized spacial score (nSPS) is 10.8. The van der Waals surface area contributed by atoms with Gasteiger partial charge < -0.3 is 20.2 Å². The summed E-state index contributed by atoms with van der Waals surface area (Å²) in [4.78, 5) is 30.9. The van der Waals surface area contributed by atoms with Crippen molar-refractivity contribution in [2.24, 2.45) is 5.73 Å². The van der Waals surface area contributed by atoms with Gasteiger partial charge in [-0.3, -0.25) is 4.79 Å². The molecule has 3 rings (SSSR count). The minimum absolute atomic E-state index is 0.130. The van der Waals surface area contributed by atoms with E-state index >= 15 is 0 Å². The maximum atomic E-state index is 11.6. The van der Waals surface area contributed by atoms with Crippen LogP contribution >= 0.6 is 21.6 Å². The number of ether oxygens (including phenoxy) is 2. The number of para-hydroxylation sites is 1. The first-order valence-corrected chi connectivity index (χ1v) is 11.6. The Kier molecular flexibility index (Phi) is 7.42. The zero-order valence-electron chi connectivity index (χ0n) is 15.8. The highest BCUT2D eigenvalue weighted by Gasteiger charge is 2.12. The van der Waals surface area contributed by atoms with Gasteiger partial charge in [-0.05, 0) is 30.4 Å². The lowest BCUT2D eigenvalue weighted by Gasteiger charge is -2.06. The Morgan fingerprint density at radius 2 is 1.93 bits per heavy atom. The molecule has 0 unspecified atom stereocenters. The standard InChI is InChI=1S/C20H21N3O4S2/c1-28-29-11-3-10-26-20(25)27-12-13-6-8-14(9-7-13)19-22-16-5-2-4-15(18(21)24)17(16)23-19/h2,4-9H,3,10-12H2,1H3,(H2,21,24)(H,22,23). The summed E-state index contributed by atoms with van der Waals surface area (Å²) in [7, 11) is 3.41. The van der Waals surface area contributed by atoms with Gasteiger partial charge in [0.1, 0.15) is 17.9 Å². The van der Waals surface area contributed by atoms with Crippen LogP contribution in [-0.4, -0.2) is 40.6 Å². The molecule has 7 nitrogen and oxygen atoms in total. The summed E-state index contributed by atoms with van der Waals surface area (Å²) in [5, 5.41) is 0. The molecule has 0 atom stereocenters. The van der Waals surface area contributed by atoms with Crippen molar-refractivity contribution in [2.45, 2.75) is 13.0 Å². The lowest BCUT2D eigenvalue weighted by Crippen LogP contribution is -2.11. The molecule has 0 saturated carbocycles. The van der Waals surface area contributed by atoms with Crippen molar-refractivity contribution in [3.05, 3.63) is 53.6 Å². The van der Waals surface area contributed by atoms with Gasteiger partial charge in [-0.15, -0.1) is 0 Å². The fourth-order valence-corrected chi connectivity index (χ4v) is 3.92. The molecule has 3 N–H and O–H groups in total. The number of imidazole rings is 1. The number of amides is 1. The maximum absolute atomic E-state index is 11.6. The highest BCUT2D eigenvalue weighted by molar-refractivity contribution is 8.76. The molecule has 0 aliphatic rings. The Balaban J connectivity index is 1.58. The minimum Gasteiger partial charge on any atom is -0.434 e. The van der Waals surface area contributed by atoms with Crippen LogP contribution in [0.1, 0.15) is 22.3 Å². The summed E-state index contributed by atoms with van der Waals surface area (Å²) in [6.07, 6.45) is 2.14. The second-order valence-electron chi connectivity index (χ2n) is 6.08. The van der Waals surface area contributed by atoms with E-state index in [1.54, 1.807) is 33.7 Å². The Labute approximate surface area is 176 Å². The zero-order chi connectivity index (χ0) is 20.6. The van der Waals surface area contributed by atoms with Crippen LogP contribution < -0.4 is 5.73 Å². The third-order valence-corrected chi connectivity index (χ3v) is 5.97. The highest BCUT2D eigenvalue weighted by atomic mass is 33.1. The van der Waals surface area contributed by atoms with E-state index in [1.807, 2.05) is 36.6 Å². The van der Waals surface area contributed by atoms with E-state index in [9.17, 15) is 9.59 Å². The molecule has 3 aromatic rings. The molecule has 1 amide bonds. The van der Waals surface area contributed by atoms with E-state index in [0.717, 1.165) is 28.8 Å². The first kappa shape index (κ1) is 21.1. The molecular formula is C20H21N3O4S2. The van der Waals surface area contributed by atoms with Crippen LogP contribution in [0.2, 0.25) is 0 Å². The van der Waals surface area contributed by atoms with Crippen molar-refractivity contribution >= 4 is 44.7 Å². The Bertz CT molecular complexity index is 989. The molecule has 1 aromatic heterocycles. The first-order valence-electron chi connectivity index (χ1n) is 8.91. The number of nitrogens with two attached hydrogens (primary N) is 1. The number of nitrogens with zero attached hydrogens (tertiary/aromatic N) is 1. The fraction of sp³-hybridized carbons (Fsp3) is 0.250. The maximum Gasteiger partial charge on any atom is 0.508 e. The molecule has 9 heteroatoms. The summed E-state index contributed by atoms with van der Waals surface area (Å²) in [6.45, 7) is 0.481. The second-order valence-corrected chi connectivity index (χ2v) is 8.76. The summed E-state index contributed by atoms with van der Waals surface area (Å²) in [5.41, 5.74) is 8.74. The average molecular weight is 432 g/mol. The van der Waals surface area contributed by atoms with Crippen molar-refractivity contribution < 1.29 is 19.1 Å². The molecular weight excluding hydrogens is 410 g/mol. The van der Waals surface area contributed by atoms with Gasteiger partial charge in [0, 0.05) is 11.3 Å². The van der Waals surface area contributed by atoms with E-state index in [-0.39, 0.29) is 6.61 Å². The van der Waals surface area contributed by atoms with Crippen LogP contribution in [-0.2, 0) is 16.1 Å². The third-order valence-electron chi connectivity index (χ3n) is 4.07. The molecule has 152 valence electrons. The third kappa shape index (κ3) is 5.68. The number of hydrogen-bond acceptors (Lipinski definition) is 7. The lowest BCUT2D eigenvalue weighted by atomic mass is 10.1. The Hall–Kier alpha value is -2.65. The summed E-state index contributed by atoms with van der Waals surface area (Å²) in [5.74, 6) is 1.04. The number of benzene rings is 2. The molecule has 0 bridgehead atoms. The number of hydrogen-bond donors (Lipinski definition) is 2. The van der Waals surface area contributed by atoms with E-state index < -0.39 is 12.1 Å². The van der Waals surface area contributed by atoms with Gasteiger partial charge in [-0.1, -0.05) is 51.9 Å². The number of carbonyl (C=O) groups excluding carboxylic acids is 2. The molecule has 0 fully saturated rings. The highest BCUT2D eigenvalue weighted by Crippen LogP contribution is 2.23. The van der Waals surface area contributed by atoms with Gasteiger partial charge in [0.15, 0.2) is 0 Å². The van der Waals surface area contributed by atoms with Gasteiger partial charge >= 0.3 is 6.16 Å². The van der Waals surface area contributed by atoms with E-state index in [0.29, 0.717) is 23.5 Å². The van der Waals surface area contributed by atoms with Crippen LogP contribution in [0.25, 0.3) is 22.4 Å². The Morgan fingerprint density at radius 3 is 2.66 bits per heavy atom. The molecule has 0 spiro atoms. The molecule has 0 radical (unpaired) electrons. The molecule has 0 aliphatic carbocycles. The summed E-state index contributed by atoms with van der Waals surface area (Å²) in [6, 6.07) is 12.7. The minimum atomic E-state index is -0.667. The predicted octanol–water partition coefficient (Wildman–Crippen LogP) is 4.38. The van der Waals surface area contributed by atoms with Crippen LogP contribution in [0.4, 0.5) is 4.79 Å². The van der Waals surface area contributed by atoms with Crippen molar-refractivity contribution in [1.82, 2.24) is 9.97 Å². The smallest absolute Gasteiger partial charge is 0.434 e. The van der Waals surface area contributed by atoms with Gasteiger partial charge in [0.25, 0.3) is 5.91 Å². The molecule has 29 heavy (non-hydrogen) atoms. The summed E-state index contributed by atoms with van der Waals surface area (Å²) < 4.78 is 10.2. The van der Waals surface area contributed by atoms with Crippen molar-refractivity contribution in [3.8, 4) is 11.4 Å². The zero-order valence-corrected chi connectivity index (χ0v) is 17.5. The lowest BCUT2D eigenvalue weighted by molar-refractivity contribution is 0.0502. The number of primary amides is 1. The van der Waals surface area contributed by atoms with Crippen LogP contribution in [0.5, 0.6) is 0 Å². The van der Waals surface area contributed by atoms with Gasteiger partial charge in [0.2, 0.25) is 0 Å².